The van der Waals surface area contributed by atoms with Gasteiger partial charge in [-0.2, -0.15) is 20.2 Å². The molecule has 0 bridgehead atoms. The van der Waals surface area contributed by atoms with Crippen molar-refractivity contribution in [3.63, 3.8) is 0 Å². The number of anilines is 2. The summed E-state index contributed by atoms with van der Waals surface area (Å²) in [5.74, 6) is 1.36. The maximum Gasteiger partial charge on any atom is 0.226 e. The summed E-state index contributed by atoms with van der Waals surface area (Å²) in [4.78, 5) is 8.80. The predicted molar refractivity (Wildman–Crippen MR) is 76.6 cm³/mol. The third-order valence-electron chi connectivity index (χ3n) is 2.84. The summed E-state index contributed by atoms with van der Waals surface area (Å²) in [6, 6.07) is 1.90. The van der Waals surface area contributed by atoms with Gasteiger partial charge in [0.05, 0.1) is 18.1 Å². The van der Waals surface area contributed by atoms with Crippen LogP contribution in [0.1, 0.15) is 6.92 Å². The molecule has 0 aliphatic carbocycles. The number of nitrogens with one attached hydrogen (secondary N) is 3. The molecule has 3 N–H and O–H groups in total. The molecule has 0 spiro atoms. The van der Waals surface area contributed by atoms with Crippen LogP contribution in [0, 0.1) is 0 Å². The molecule has 8 heteroatoms. The van der Waals surface area contributed by atoms with Gasteiger partial charge < -0.3 is 10.6 Å². The molecule has 0 atom stereocenters. The number of aromatic amines is 1. The van der Waals surface area contributed by atoms with E-state index >= 15 is 0 Å². The van der Waals surface area contributed by atoms with Gasteiger partial charge in [-0.05, 0) is 13.0 Å². The van der Waals surface area contributed by atoms with Gasteiger partial charge in [0.25, 0.3) is 0 Å². The number of hydrogen-bond donors (Lipinski definition) is 3. The van der Waals surface area contributed by atoms with Crippen LogP contribution in [-0.2, 0) is 6.54 Å². The number of aromatic nitrogens is 6. The summed E-state index contributed by atoms with van der Waals surface area (Å²) in [5, 5.41) is 18.3. The van der Waals surface area contributed by atoms with Crippen molar-refractivity contribution in [2.75, 3.05) is 23.7 Å². The van der Waals surface area contributed by atoms with E-state index in [9.17, 15) is 0 Å². The Morgan fingerprint density at radius 2 is 2.25 bits per heavy atom. The van der Waals surface area contributed by atoms with Crippen molar-refractivity contribution in [1.82, 2.24) is 29.9 Å². The van der Waals surface area contributed by atoms with E-state index in [1.165, 1.54) is 0 Å². The lowest BCUT2D eigenvalue weighted by molar-refractivity contribution is 0.637. The van der Waals surface area contributed by atoms with Crippen LogP contribution in [0.25, 0.3) is 11.0 Å². The minimum atomic E-state index is 0.589. The number of fused-ring (bicyclic) bond motifs is 1. The molecule has 3 aromatic heterocycles. The molecule has 104 valence electrons. The van der Waals surface area contributed by atoms with Crippen molar-refractivity contribution in [2.24, 2.45) is 0 Å². The maximum absolute atomic E-state index is 4.46. The molecule has 3 heterocycles. The minimum Gasteiger partial charge on any atom is -0.367 e. The molecule has 0 aliphatic rings. The molecule has 0 aromatic carbocycles. The van der Waals surface area contributed by atoms with Crippen molar-refractivity contribution in [3.8, 4) is 0 Å². The minimum absolute atomic E-state index is 0.589. The Balaban J connectivity index is 1.76. The lowest BCUT2D eigenvalue weighted by Crippen LogP contribution is -2.13. The van der Waals surface area contributed by atoms with E-state index in [-0.39, 0.29) is 0 Å². The van der Waals surface area contributed by atoms with Crippen molar-refractivity contribution < 1.29 is 0 Å². The molecule has 3 rings (SSSR count). The van der Waals surface area contributed by atoms with Crippen LogP contribution in [0.15, 0.2) is 24.7 Å². The molecular weight excluding hydrogens is 256 g/mol. The highest BCUT2D eigenvalue weighted by molar-refractivity contribution is 5.86. The summed E-state index contributed by atoms with van der Waals surface area (Å²) < 4.78 is 1.87. The zero-order valence-corrected chi connectivity index (χ0v) is 11.2. The predicted octanol–water partition coefficient (Wildman–Crippen LogP) is 1.09. The van der Waals surface area contributed by atoms with Crippen LogP contribution in [0.2, 0.25) is 0 Å². The molecule has 0 fully saturated rings. The van der Waals surface area contributed by atoms with E-state index in [2.05, 4.69) is 35.9 Å². The average molecular weight is 272 g/mol. The zero-order valence-electron chi connectivity index (χ0n) is 11.2. The quantitative estimate of drug-likeness (QED) is 0.621. The number of hydrogen-bond acceptors (Lipinski definition) is 6. The fourth-order valence-corrected chi connectivity index (χ4v) is 1.93. The normalized spacial score (nSPS) is 10.8. The molecule has 20 heavy (non-hydrogen) atoms. The molecule has 0 radical (unpaired) electrons. The smallest absolute Gasteiger partial charge is 0.226 e. The van der Waals surface area contributed by atoms with Gasteiger partial charge in [0.1, 0.15) is 5.82 Å². The van der Waals surface area contributed by atoms with E-state index in [4.69, 9.17) is 0 Å². The zero-order chi connectivity index (χ0) is 13.8. The Morgan fingerprint density at radius 3 is 3.05 bits per heavy atom. The maximum atomic E-state index is 4.46. The molecule has 3 aromatic rings. The molecule has 0 aliphatic heterocycles. The SMILES string of the molecule is CCNc1nc(NCCn2cccn2)c2cn[nH]c2n1. The molecule has 0 amide bonds. The Morgan fingerprint density at radius 1 is 1.30 bits per heavy atom. The summed E-state index contributed by atoms with van der Waals surface area (Å²) in [7, 11) is 0. The first-order chi connectivity index (χ1) is 9.86. The summed E-state index contributed by atoms with van der Waals surface area (Å²) in [5.41, 5.74) is 0.720. The van der Waals surface area contributed by atoms with Gasteiger partial charge in [-0.3, -0.25) is 9.78 Å². The second kappa shape index (κ2) is 5.55. The van der Waals surface area contributed by atoms with Gasteiger partial charge in [0, 0.05) is 25.5 Å². The monoisotopic (exact) mass is 272 g/mol. The molecule has 0 saturated carbocycles. The van der Waals surface area contributed by atoms with Crippen LogP contribution in [0.4, 0.5) is 11.8 Å². The lowest BCUT2D eigenvalue weighted by atomic mass is 10.4. The molecule has 0 unspecified atom stereocenters. The second-order valence-corrected chi connectivity index (χ2v) is 4.25. The standard InChI is InChI=1S/C12H16N8/c1-2-13-12-17-10(9-8-15-19-11(9)18-12)14-5-7-20-6-3-4-16-20/h3-4,6,8H,2,5,7H2,1H3,(H3,13,14,15,17,18,19). The van der Waals surface area contributed by atoms with Crippen LogP contribution < -0.4 is 10.6 Å². The highest BCUT2D eigenvalue weighted by Crippen LogP contribution is 2.19. The van der Waals surface area contributed by atoms with Gasteiger partial charge in [-0.1, -0.05) is 0 Å². The summed E-state index contributed by atoms with van der Waals surface area (Å²) in [6.45, 7) is 4.27. The van der Waals surface area contributed by atoms with Crippen molar-refractivity contribution in [3.05, 3.63) is 24.7 Å². The Kier molecular flexibility index (Phi) is 3.44. The highest BCUT2D eigenvalue weighted by atomic mass is 15.3. The van der Waals surface area contributed by atoms with E-state index in [1.807, 2.05) is 23.9 Å². The van der Waals surface area contributed by atoms with Crippen molar-refractivity contribution in [2.45, 2.75) is 13.5 Å². The first kappa shape index (κ1) is 12.4. The average Bonchev–Trinajstić information content (AvgIpc) is 3.09. The Labute approximate surface area is 115 Å². The largest absolute Gasteiger partial charge is 0.367 e. The van der Waals surface area contributed by atoms with E-state index in [0.717, 1.165) is 36.5 Å². The van der Waals surface area contributed by atoms with Gasteiger partial charge >= 0.3 is 0 Å². The number of rotatable bonds is 6. The first-order valence-electron chi connectivity index (χ1n) is 6.53. The molecule has 0 saturated heterocycles. The van der Waals surface area contributed by atoms with Gasteiger partial charge in [0.2, 0.25) is 5.95 Å². The number of H-pyrrole nitrogens is 1. The van der Waals surface area contributed by atoms with Gasteiger partial charge in [-0.15, -0.1) is 0 Å². The third kappa shape index (κ3) is 2.53. The molecule has 8 nitrogen and oxygen atoms in total. The van der Waals surface area contributed by atoms with E-state index in [0.29, 0.717) is 5.95 Å². The topological polar surface area (TPSA) is 96.3 Å². The van der Waals surface area contributed by atoms with Crippen molar-refractivity contribution >= 4 is 22.8 Å². The summed E-state index contributed by atoms with van der Waals surface area (Å²) in [6.07, 6.45) is 5.42. The summed E-state index contributed by atoms with van der Waals surface area (Å²) >= 11 is 0. The third-order valence-corrected chi connectivity index (χ3v) is 2.84. The van der Waals surface area contributed by atoms with Crippen LogP contribution in [-0.4, -0.2) is 43.0 Å². The van der Waals surface area contributed by atoms with Crippen LogP contribution in [0.5, 0.6) is 0 Å². The van der Waals surface area contributed by atoms with E-state index in [1.54, 1.807) is 12.4 Å². The number of nitrogens with zero attached hydrogens (tertiary/aromatic N) is 5. The molecular formula is C12H16N8. The second-order valence-electron chi connectivity index (χ2n) is 4.25. The fraction of sp³-hybridized carbons (Fsp3) is 0.333. The van der Waals surface area contributed by atoms with Crippen LogP contribution >= 0.6 is 0 Å². The van der Waals surface area contributed by atoms with E-state index < -0.39 is 0 Å². The lowest BCUT2D eigenvalue weighted by Gasteiger charge is -2.09. The van der Waals surface area contributed by atoms with Crippen molar-refractivity contribution in [1.29, 1.82) is 0 Å². The van der Waals surface area contributed by atoms with Gasteiger partial charge in [0.15, 0.2) is 5.65 Å². The Bertz CT molecular complexity index is 672. The van der Waals surface area contributed by atoms with Gasteiger partial charge in [-0.25, -0.2) is 0 Å². The first-order valence-corrected chi connectivity index (χ1v) is 6.53. The van der Waals surface area contributed by atoms with Crippen LogP contribution in [0.3, 0.4) is 0 Å². The fourth-order valence-electron chi connectivity index (χ4n) is 1.93. The Hall–Kier alpha value is -2.64. The highest BCUT2D eigenvalue weighted by Gasteiger charge is 2.08.